The van der Waals surface area contributed by atoms with E-state index >= 15 is 0 Å². The third kappa shape index (κ3) is 1.60. The van der Waals surface area contributed by atoms with Crippen molar-refractivity contribution in [3.63, 3.8) is 0 Å². The summed E-state index contributed by atoms with van der Waals surface area (Å²) < 4.78 is 6.44. The minimum atomic E-state index is -0.156. The molecule has 0 spiro atoms. The number of hydrogen-bond acceptors (Lipinski definition) is 4. The topological polar surface area (TPSA) is 60.9 Å². The van der Waals surface area contributed by atoms with Crippen LogP contribution in [0.2, 0.25) is 0 Å². The van der Waals surface area contributed by atoms with Gasteiger partial charge in [0.1, 0.15) is 6.33 Å². The maximum atomic E-state index is 12.3. The van der Waals surface area contributed by atoms with Gasteiger partial charge in [-0.15, -0.1) is 0 Å². The first-order valence-corrected chi connectivity index (χ1v) is 5.57. The molecular weight excluding hydrogens is 230 g/mol. The van der Waals surface area contributed by atoms with E-state index in [0.717, 1.165) is 11.3 Å². The molecule has 0 aliphatic heterocycles. The summed E-state index contributed by atoms with van der Waals surface area (Å²) in [7, 11) is 0. The van der Waals surface area contributed by atoms with Gasteiger partial charge in [-0.25, -0.2) is 9.55 Å². The fourth-order valence-corrected chi connectivity index (χ4v) is 1.85. The largest absolute Gasteiger partial charge is 0.338 e. The zero-order chi connectivity index (χ0) is 12.7. The lowest BCUT2D eigenvalue weighted by molar-refractivity contribution is 0.399. The molecule has 5 nitrogen and oxygen atoms in total. The monoisotopic (exact) mass is 241 g/mol. The summed E-state index contributed by atoms with van der Waals surface area (Å²) in [5, 5.41) is 4.33. The number of benzene rings is 1. The fraction of sp³-hybridized carbons (Fsp3) is 0.154. The van der Waals surface area contributed by atoms with E-state index < -0.39 is 0 Å². The average molecular weight is 241 g/mol. The number of aryl methyl sites for hydroxylation is 2. The normalized spacial score (nSPS) is 11.0. The van der Waals surface area contributed by atoms with Crippen LogP contribution in [0.1, 0.15) is 11.3 Å². The van der Waals surface area contributed by atoms with E-state index in [1.165, 1.54) is 10.9 Å². The van der Waals surface area contributed by atoms with Gasteiger partial charge in [0.05, 0.1) is 16.6 Å². The summed E-state index contributed by atoms with van der Waals surface area (Å²) in [6.07, 6.45) is 1.46. The van der Waals surface area contributed by atoms with E-state index in [-0.39, 0.29) is 5.56 Å². The average Bonchev–Trinajstić information content (AvgIpc) is 2.76. The summed E-state index contributed by atoms with van der Waals surface area (Å²) in [6.45, 7) is 3.77. The van der Waals surface area contributed by atoms with Gasteiger partial charge in [-0.3, -0.25) is 4.79 Å². The lowest BCUT2D eigenvalue weighted by atomic mass is 10.2. The highest BCUT2D eigenvalue weighted by atomic mass is 16.5. The van der Waals surface area contributed by atoms with Gasteiger partial charge in [0.15, 0.2) is 0 Å². The van der Waals surface area contributed by atoms with Gasteiger partial charge in [0.25, 0.3) is 5.56 Å². The van der Waals surface area contributed by atoms with Crippen molar-refractivity contribution < 1.29 is 4.52 Å². The van der Waals surface area contributed by atoms with Crippen LogP contribution < -0.4 is 5.56 Å². The van der Waals surface area contributed by atoms with Crippen molar-refractivity contribution in [1.29, 1.82) is 0 Å². The molecule has 3 rings (SSSR count). The summed E-state index contributed by atoms with van der Waals surface area (Å²) in [5.41, 5.74) is 2.33. The maximum Gasteiger partial charge on any atom is 0.268 e. The minimum Gasteiger partial charge on any atom is -0.338 e. The lowest BCUT2D eigenvalue weighted by Gasteiger charge is -2.02. The fourth-order valence-electron chi connectivity index (χ4n) is 1.85. The van der Waals surface area contributed by atoms with Crippen molar-refractivity contribution >= 4 is 10.9 Å². The second kappa shape index (κ2) is 3.80. The van der Waals surface area contributed by atoms with Crippen molar-refractivity contribution in [3.8, 4) is 5.88 Å². The zero-order valence-electron chi connectivity index (χ0n) is 10.0. The maximum absolute atomic E-state index is 12.3. The Labute approximate surface area is 103 Å². The van der Waals surface area contributed by atoms with Crippen molar-refractivity contribution in [3.05, 3.63) is 52.2 Å². The lowest BCUT2D eigenvalue weighted by Crippen LogP contribution is -2.18. The Bertz CT molecular complexity index is 786. The van der Waals surface area contributed by atoms with E-state index in [9.17, 15) is 4.79 Å². The van der Waals surface area contributed by atoms with Gasteiger partial charge >= 0.3 is 0 Å². The molecule has 3 aromatic rings. The second-order valence-corrected chi connectivity index (χ2v) is 4.25. The number of aromatic nitrogens is 3. The molecule has 0 amide bonds. The molecule has 0 atom stereocenters. The van der Waals surface area contributed by atoms with Gasteiger partial charge in [0.2, 0.25) is 5.88 Å². The summed E-state index contributed by atoms with van der Waals surface area (Å²) in [6, 6.07) is 7.25. The molecule has 0 aliphatic rings. The number of fused-ring (bicyclic) bond motifs is 1. The Morgan fingerprint density at radius 1 is 1.22 bits per heavy atom. The molecular formula is C13H11N3O2. The van der Waals surface area contributed by atoms with Crippen LogP contribution in [0.4, 0.5) is 0 Å². The first-order valence-electron chi connectivity index (χ1n) is 5.57. The van der Waals surface area contributed by atoms with Crippen LogP contribution in [0.25, 0.3) is 16.8 Å². The molecule has 0 unspecified atom stereocenters. The first-order chi connectivity index (χ1) is 8.65. The van der Waals surface area contributed by atoms with Crippen molar-refractivity contribution in [2.24, 2.45) is 0 Å². The number of hydrogen-bond donors (Lipinski definition) is 0. The van der Waals surface area contributed by atoms with Crippen molar-refractivity contribution in [2.75, 3.05) is 0 Å². The highest BCUT2D eigenvalue weighted by Crippen LogP contribution is 2.11. The van der Waals surface area contributed by atoms with E-state index in [0.29, 0.717) is 16.8 Å². The van der Waals surface area contributed by atoms with Crippen molar-refractivity contribution in [2.45, 2.75) is 13.8 Å². The van der Waals surface area contributed by atoms with Gasteiger partial charge in [-0.05, 0) is 31.5 Å². The van der Waals surface area contributed by atoms with Gasteiger partial charge in [-0.1, -0.05) is 11.2 Å². The molecule has 0 fully saturated rings. The van der Waals surface area contributed by atoms with E-state index in [1.54, 1.807) is 19.1 Å². The van der Waals surface area contributed by atoms with E-state index in [4.69, 9.17) is 4.52 Å². The molecule has 0 bridgehead atoms. The smallest absolute Gasteiger partial charge is 0.268 e. The number of rotatable bonds is 1. The Morgan fingerprint density at radius 3 is 2.78 bits per heavy atom. The van der Waals surface area contributed by atoms with Crippen LogP contribution in [0.5, 0.6) is 0 Å². The molecule has 90 valence electrons. The van der Waals surface area contributed by atoms with Crippen LogP contribution >= 0.6 is 0 Å². The Balaban J connectivity index is 2.30. The quantitative estimate of drug-likeness (QED) is 0.653. The van der Waals surface area contributed by atoms with Gasteiger partial charge < -0.3 is 4.52 Å². The highest BCUT2D eigenvalue weighted by molar-refractivity contribution is 5.78. The van der Waals surface area contributed by atoms with Crippen LogP contribution in [-0.4, -0.2) is 14.7 Å². The minimum absolute atomic E-state index is 0.156. The molecule has 2 aromatic heterocycles. The molecule has 0 saturated carbocycles. The predicted molar refractivity (Wildman–Crippen MR) is 66.9 cm³/mol. The van der Waals surface area contributed by atoms with E-state index in [1.807, 2.05) is 19.1 Å². The van der Waals surface area contributed by atoms with Crippen LogP contribution in [-0.2, 0) is 0 Å². The molecule has 0 radical (unpaired) electrons. The molecule has 0 N–H and O–H groups in total. The summed E-state index contributed by atoms with van der Waals surface area (Å²) >= 11 is 0. The van der Waals surface area contributed by atoms with Crippen LogP contribution in [0.3, 0.4) is 0 Å². The molecule has 2 heterocycles. The first kappa shape index (κ1) is 10.7. The molecule has 1 aromatic carbocycles. The zero-order valence-corrected chi connectivity index (χ0v) is 10.0. The SMILES string of the molecule is Cc1ccc2c(=O)n(-c3cc(C)no3)cnc2c1. The van der Waals surface area contributed by atoms with Crippen LogP contribution in [0.15, 0.2) is 39.9 Å². The second-order valence-electron chi connectivity index (χ2n) is 4.25. The Kier molecular flexibility index (Phi) is 2.26. The standard InChI is InChI=1S/C13H11N3O2/c1-8-3-4-10-11(5-8)14-7-16(13(10)17)12-6-9(2)15-18-12/h3-7H,1-2H3. The molecule has 0 aliphatic carbocycles. The predicted octanol–water partition coefficient (Wildman–Crippen LogP) is 1.99. The van der Waals surface area contributed by atoms with Gasteiger partial charge in [0, 0.05) is 6.07 Å². The highest BCUT2D eigenvalue weighted by Gasteiger charge is 2.09. The summed E-state index contributed by atoms with van der Waals surface area (Å²) in [5.74, 6) is 0.382. The Hall–Kier alpha value is -2.43. The third-order valence-electron chi connectivity index (χ3n) is 2.77. The van der Waals surface area contributed by atoms with Gasteiger partial charge in [-0.2, -0.15) is 0 Å². The number of nitrogens with zero attached hydrogens (tertiary/aromatic N) is 3. The van der Waals surface area contributed by atoms with E-state index in [2.05, 4.69) is 10.1 Å². The van der Waals surface area contributed by atoms with Crippen LogP contribution in [0, 0.1) is 13.8 Å². The summed E-state index contributed by atoms with van der Waals surface area (Å²) in [4.78, 5) is 16.5. The molecule has 0 saturated heterocycles. The Morgan fingerprint density at radius 2 is 2.06 bits per heavy atom. The third-order valence-corrected chi connectivity index (χ3v) is 2.77. The molecule has 5 heteroatoms. The molecule has 18 heavy (non-hydrogen) atoms. The van der Waals surface area contributed by atoms with Crippen molar-refractivity contribution in [1.82, 2.24) is 14.7 Å².